The molecule has 6 rings (SSSR count). The van der Waals surface area contributed by atoms with E-state index in [2.05, 4.69) is 17.1 Å². The van der Waals surface area contributed by atoms with Crippen LogP contribution in [0, 0.1) is 5.82 Å². The summed E-state index contributed by atoms with van der Waals surface area (Å²) in [5.74, 6) is -0.904. The molecule has 0 spiro atoms. The van der Waals surface area contributed by atoms with Crippen molar-refractivity contribution >= 4 is 50.9 Å². The lowest BCUT2D eigenvalue weighted by Gasteiger charge is -2.24. The lowest BCUT2D eigenvalue weighted by Crippen LogP contribution is -2.31. The van der Waals surface area contributed by atoms with Crippen LogP contribution in [-0.4, -0.2) is 40.7 Å². The Kier molecular flexibility index (Phi) is 8.85. The number of methoxy groups -OCH3 is 1. The summed E-state index contributed by atoms with van der Waals surface area (Å²) >= 11 is 2.53. The number of fused-ring (bicyclic) bond motifs is 1. The number of rotatable bonds is 12. The number of ether oxygens (including phenoxy) is 2. The maximum Gasteiger partial charge on any atom is 0.296 e. The molecular formula is C33H28FN3O6S2. The van der Waals surface area contributed by atoms with Crippen LogP contribution in [0.25, 0.3) is 11.0 Å². The van der Waals surface area contributed by atoms with Gasteiger partial charge in [-0.15, -0.1) is 10.2 Å². The molecule has 0 fully saturated rings. The van der Waals surface area contributed by atoms with E-state index in [1.165, 1.54) is 35.9 Å². The number of furan rings is 1. The smallest absolute Gasteiger partial charge is 0.296 e. The highest BCUT2D eigenvalue weighted by Crippen LogP contribution is 2.45. The number of Topliss-reactive ketones (excluding diaryl/α,β-unsaturated/α-hetero) is 1. The van der Waals surface area contributed by atoms with E-state index in [-0.39, 0.29) is 22.3 Å². The first-order valence-electron chi connectivity index (χ1n) is 14.2. The molecule has 1 aliphatic heterocycles. The summed E-state index contributed by atoms with van der Waals surface area (Å²) in [5.41, 5.74) is 1.68. The highest BCUT2D eigenvalue weighted by molar-refractivity contribution is 8.00. The number of benzene rings is 3. The third-order valence-corrected chi connectivity index (χ3v) is 9.37. The van der Waals surface area contributed by atoms with Gasteiger partial charge in [-0.25, -0.2) is 4.39 Å². The number of thioether (sulfide) groups is 1. The lowest BCUT2D eigenvalue weighted by molar-refractivity contribution is -0.117. The summed E-state index contributed by atoms with van der Waals surface area (Å²) in [6.45, 7) is 2.64. The molecule has 1 amide bonds. The van der Waals surface area contributed by atoms with E-state index in [9.17, 15) is 19.1 Å². The molecule has 1 atom stereocenters. The van der Waals surface area contributed by atoms with Gasteiger partial charge in [-0.3, -0.25) is 14.5 Å². The van der Waals surface area contributed by atoms with Crippen LogP contribution in [0.2, 0.25) is 0 Å². The van der Waals surface area contributed by atoms with Gasteiger partial charge in [-0.1, -0.05) is 72.8 Å². The molecule has 3 heterocycles. The molecule has 0 saturated heterocycles. The van der Waals surface area contributed by atoms with Crippen molar-refractivity contribution in [1.82, 2.24) is 10.2 Å². The molecule has 12 heteroatoms. The number of para-hydroxylation sites is 1. The van der Waals surface area contributed by atoms with Crippen LogP contribution in [-0.2, 0) is 10.5 Å². The number of unbranched alkanes of at least 4 members (excludes halogenated alkanes) is 1. The Morgan fingerprint density at radius 2 is 1.89 bits per heavy atom. The number of ketones is 1. The topological polar surface area (TPSA) is 115 Å². The Hall–Kier alpha value is -4.68. The summed E-state index contributed by atoms with van der Waals surface area (Å²) < 4.78 is 31.0. The second-order valence-electron chi connectivity index (χ2n) is 10.2. The molecule has 0 saturated carbocycles. The van der Waals surface area contributed by atoms with Crippen LogP contribution >= 0.6 is 23.1 Å². The molecule has 2 aromatic heterocycles. The van der Waals surface area contributed by atoms with Crippen molar-refractivity contribution in [2.75, 3.05) is 18.6 Å². The number of nitrogens with zero attached hydrogens (tertiary/aromatic N) is 3. The summed E-state index contributed by atoms with van der Waals surface area (Å²) in [6, 6.07) is 19.0. The number of aromatic nitrogens is 2. The third-order valence-electron chi connectivity index (χ3n) is 7.24. The second kappa shape index (κ2) is 13.1. The number of anilines is 1. The average molecular weight is 646 g/mol. The molecule has 9 nitrogen and oxygen atoms in total. The molecule has 0 aliphatic carbocycles. The molecule has 1 unspecified atom stereocenters. The van der Waals surface area contributed by atoms with Crippen molar-refractivity contribution < 1.29 is 33.0 Å². The first-order valence-corrected chi connectivity index (χ1v) is 16.0. The lowest BCUT2D eigenvalue weighted by atomic mass is 9.95. The van der Waals surface area contributed by atoms with Crippen LogP contribution in [0.15, 0.2) is 92.9 Å². The Morgan fingerprint density at radius 3 is 2.62 bits per heavy atom. The van der Waals surface area contributed by atoms with Gasteiger partial charge >= 0.3 is 0 Å². The summed E-state index contributed by atoms with van der Waals surface area (Å²) in [6.07, 6.45) is 1.90. The van der Waals surface area contributed by atoms with Gasteiger partial charge in [0.25, 0.3) is 5.91 Å². The molecule has 5 aromatic rings. The molecule has 3 aromatic carbocycles. The average Bonchev–Trinajstić information content (AvgIpc) is 3.77. The third kappa shape index (κ3) is 6.16. The molecule has 45 heavy (non-hydrogen) atoms. The van der Waals surface area contributed by atoms with E-state index in [1.807, 2.05) is 0 Å². The van der Waals surface area contributed by atoms with Crippen LogP contribution in [0.4, 0.5) is 9.52 Å². The monoisotopic (exact) mass is 645 g/mol. The van der Waals surface area contributed by atoms with Crippen LogP contribution in [0.1, 0.15) is 47.5 Å². The van der Waals surface area contributed by atoms with Crippen molar-refractivity contribution in [1.29, 1.82) is 0 Å². The van der Waals surface area contributed by atoms with Gasteiger partial charge in [0.15, 0.2) is 27.2 Å². The highest BCUT2D eigenvalue weighted by Gasteiger charge is 2.47. The number of hydrogen-bond acceptors (Lipinski definition) is 10. The number of aliphatic hydroxyl groups excluding tert-OH is 1. The maximum atomic E-state index is 14.0. The van der Waals surface area contributed by atoms with Gasteiger partial charge in [0.05, 0.1) is 25.3 Å². The van der Waals surface area contributed by atoms with E-state index in [0.717, 1.165) is 29.7 Å². The van der Waals surface area contributed by atoms with Crippen LogP contribution in [0.3, 0.4) is 0 Å². The fourth-order valence-corrected chi connectivity index (χ4v) is 6.78. The van der Waals surface area contributed by atoms with E-state index < -0.39 is 23.5 Å². The second-order valence-corrected chi connectivity index (χ2v) is 12.4. The largest absolute Gasteiger partial charge is 0.503 e. The minimum absolute atomic E-state index is 0.0528. The normalized spacial score (nSPS) is 14.9. The number of carbonyl (C=O) groups is 2. The van der Waals surface area contributed by atoms with Crippen LogP contribution in [0.5, 0.6) is 11.5 Å². The summed E-state index contributed by atoms with van der Waals surface area (Å²) in [4.78, 5) is 29.0. The summed E-state index contributed by atoms with van der Waals surface area (Å²) in [7, 11) is 1.50. The standard InChI is InChI=1S/C33H28FN3O6S2/c1-3-4-16-42-23-14-10-20(11-15-23)27-26(28(38)25-17-21-6-5-7-24(41-2)30(21)43-25)29(39)31(40)37(27)32-35-36-33(45-32)44-18-19-8-12-22(34)13-9-19/h5-15,17,27,39H,3-4,16,18H2,1-2H3. The zero-order valence-electron chi connectivity index (χ0n) is 24.4. The Labute approximate surface area is 266 Å². The van der Waals surface area contributed by atoms with Gasteiger partial charge in [-0.2, -0.15) is 0 Å². The number of carbonyl (C=O) groups excluding carboxylic acids is 2. The van der Waals surface area contributed by atoms with E-state index in [4.69, 9.17) is 13.9 Å². The van der Waals surface area contributed by atoms with Crippen molar-refractivity contribution in [3.63, 3.8) is 0 Å². The molecule has 230 valence electrons. The Balaban J connectivity index is 1.35. The van der Waals surface area contributed by atoms with E-state index in [0.29, 0.717) is 44.7 Å². The van der Waals surface area contributed by atoms with Crippen LogP contribution < -0.4 is 14.4 Å². The van der Waals surface area contributed by atoms with Gasteiger partial charge in [-0.05, 0) is 53.9 Å². The van der Waals surface area contributed by atoms with Crippen molar-refractivity contribution in [2.24, 2.45) is 0 Å². The predicted octanol–water partition coefficient (Wildman–Crippen LogP) is 7.69. The fourth-order valence-electron chi connectivity index (χ4n) is 4.96. The van der Waals surface area contributed by atoms with Gasteiger partial charge in [0.2, 0.25) is 10.9 Å². The molecule has 1 aliphatic rings. The summed E-state index contributed by atoms with van der Waals surface area (Å²) in [5, 5.41) is 20.5. The van der Waals surface area contributed by atoms with Crippen molar-refractivity contribution in [3.05, 3.63) is 107 Å². The number of halogens is 1. The fraction of sp³-hybridized carbons (Fsp3) is 0.212. The Morgan fingerprint density at radius 1 is 1.11 bits per heavy atom. The predicted molar refractivity (Wildman–Crippen MR) is 170 cm³/mol. The molecule has 0 radical (unpaired) electrons. The first kappa shape index (κ1) is 30.4. The minimum Gasteiger partial charge on any atom is -0.503 e. The molecular weight excluding hydrogens is 618 g/mol. The maximum absolute atomic E-state index is 14.0. The SMILES string of the molecule is CCCCOc1ccc(C2C(C(=O)c3cc4cccc(OC)c4o3)=C(O)C(=O)N2c2nnc(SCc3ccc(F)cc3)s2)cc1. The van der Waals surface area contributed by atoms with Gasteiger partial charge in [0.1, 0.15) is 11.6 Å². The van der Waals surface area contributed by atoms with E-state index >= 15 is 0 Å². The van der Waals surface area contributed by atoms with Gasteiger partial charge < -0.3 is 19.0 Å². The first-order chi connectivity index (χ1) is 21.9. The quantitative estimate of drug-likeness (QED) is 0.0631. The molecule has 1 N–H and O–H groups in total. The van der Waals surface area contributed by atoms with Crippen molar-refractivity contribution in [2.45, 2.75) is 35.9 Å². The number of aliphatic hydroxyl groups is 1. The zero-order chi connectivity index (χ0) is 31.5. The number of amides is 1. The van der Waals surface area contributed by atoms with E-state index in [1.54, 1.807) is 60.7 Å². The number of hydrogen-bond donors (Lipinski definition) is 1. The molecule has 0 bridgehead atoms. The zero-order valence-corrected chi connectivity index (χ0v) is 26.0. The highest BCUT2D eigenvalue weighted by atomic mass is 32.2. The van der Waals surface area contributed by atoms with Crippen molar-refractivity contribution in [3.8, 4) is 11.5 Å². The van der Waals surface area contributed by atoms with Gasteiger partial charge in [0, 0.05) is 11.1 Å². The minimum atomic E-state index is -1.02. The Bertz CT molecular complexity index is 1880.